The molecule has 1 saturated heterocycles. The van der Waals surface area contributed by atoms with Crippen LogP contribution in [0.4, 0.5) is 5.82 Å². The summed E-state index contributed by atoms with van der Waals surface area (Å²) in [7, 11) is 1.58. The molecule has 0 atom stereocenters. The highest BCUT2D eigenvalue weighted by molar-refractivity contribution is 6.32. The molecule has 8 nitrogen and oxygen atoms in total. The van der Waals surface area contributed by atoms with Crippen molar-refractivity contribution < 1.29 is 14.3 Å². The average molecular weight is 554 g/mol. The summed E-state index contributed by atoms with van der Waals surface area (Å²) in [5.74, 6) is 1.93. The second-order valence-electron chi connectivity index (χ2n) is 9.43. The van der Waals surface area contributed by atoms with Crippen LogP contribution in [0.25, 0.3) is 27.8 Å². The number of para-hydroxylation sites is 3. The maximum Gasteiger partial charge on any atom is 0.260 e. The summed E-state index contributed by atoms with van der Waals surface area (Å²) < 4.78 is 13.1. The van der Waals surface area contributed by atoms with Gasteiger partial charge in [0.1, 0.15) is 12.1 Å². The molecule has 0 radical (unpaired) electrons. The second kappa shape index (κ2) is 11.3. The molecule has 2 aromatic heterocycles. The van der Waals surface area contributed by atoms with Crippen molar-refractivity contribution in [3.63, 3.8) is 0 Å². The Morgan fingerprint density at radius 3 is 2.33 bits per heavy atom. The molecule has 9 heteroatoms. The van der Waals surface area contributed by atoms with E-state index in [-0.39, 0.29) is 12.5 Å². The number of hydrogen-bond acceptors (Lipinski definition) is 6. The minimum absolute atomic E-state index is 0.0447. The van der Waals surface area contributed by atoms with Gasteiger partial charge in [0, 0.05) is 37.9 Å². The van der Waals surface area contributed by atoms with Crippen molar-refractivity contribution in [3.8, 4) is 28.3 Å². The van der Waals surface area contributed by atoms with Gasteiger partial charge in [-0.2, -0.15) is 0 Å². The monoisotopic (exact) mass is 553 g/mol. The number of hydrogen-bond donors (Lipinski definition) is 0. The smallest absolute Gasteiger partial charge is 0.260 e. The van der Waals surface area contributed by atoms with Crippen LogP contribution < -0.4 is 14.4 Å². The molecule has 0 aliphatic carbocycles. The molecule has 0 N–H and O–H groups in total. The van der Waals surface area contributed by atoms with E-state index in [0.29, 0.717) is 42.7 Å². The molecule has 0 saturated carbocycles. The van der Waals surface area contributed by atoms with Crippen LogP contribution in [0.1, 0.15) is 0 Å². The Bertz CT molecular complexity index is 1650. The van der Waals surface area contributed by atoms with Crippen molar-refractivity contribution in [1.82, 2.24) is 19.4 Å². The molecule has 1 aliphatic rings. The number of nitrogens with zero attached hydrogens (tertiary/aromatic N) is 5. The van der Waals surface area contributed by atoms with Crippen molar-refractivity contribution in [3.05, 3.63) is 96.4 Å². The van der Waals surface area contributed by atoms with E-state index in [0.717, 1.165) is 33.7 Å². The Kier molecular flexibility index (Phi) is 7.25. The zero-order valence-corrected chi connectivity index (χ0v) is 22.8. The fraction of sp³-hybridized carbons (Fsp3) is 0.194. The predicted octanol–water partition coefficient (Wildman–Crippen LogP) is 5.48. The van der Waals surface area contributed by atoms with Gasteiger partial charge in [0.05, 0.1) is 23.2 Å². The number of anilines is 1. The minimum Gasteiger partial charge on any atom is -0.493 e. The first-order valence-corrected chi connectivity index (χ1v) is 13.5. The van der Waals surface area contributed by atoms with Crippen LogP contribution in [0.3, 0.4) is 0 Å². The van der Waals surface area contributed by atoms with Gasteiger partial charge in [-0.3, -0.25) is 9.36 Å². The van der Waals surface area contributed by atoms with E-state index in [1.165, 1.54) is 0 Å². The van der Waals surface area contributed by atoms with Crippen LogP contribution in [-0.2, 0) is 4.79 Å². The van der Waals surface area contributed by atoms with Crippen LogP contribution in [-0.4, -0.2) is 65.2 Å². The summed E-state index contributed by atoms with van der Waals surface area (Å²) in [4.78, 5) is 26.4. The minimum atomic E-state index is -0.0618. The zero-order chi connectivity index (χ0) is 27.5. The Hall–Kier alpha value is -4.56. The molecule has 1 fully saturated rings. The number of piperazine rings is 1. The maximum atomic E-state index is 13.0. The van der Waals surface area contributed by atoms with Crippen molar-refractivity contribution in [2.75, 3.05) is 44.8 Å². The van der Waals surface area contributed by atoms with Gasteiger partial charge < -0.3 is 19.3 Å². The summed E-state index contributed by atoms with van der Waals surface area (Å²) in [6.45, 7) is 2.35. The number of methoxy groups -OCH3 is 1. The van der Waals surface area contributed by atoms with Crippen molar-refractivity contribution >= 4 is 34.4 Å². The van der Waals surface area contributed by atoms with Gasteiger partial charge in [-0.1, -0.05) is 66.2 Å². The molecule has 1 amide bonds. The number of carbonyl (C=O) groups excluding carboxylic acids is 1. The van der Waals surface area contributed by atoms with E-state index in [1.807, 2.05) is 70.1 Å². The fourth-order valence-electron chi connectivity index (χ4n) is 5.09. The average Bonchev–Trinajstić information content (AvgIpc) is 3.40. The van der Waals surface area contributed by atoms with E-state index in [1.54, 1.807) is 19.5 Å². The topological polar surface area (TPSA) is 72.7 Å². The van der Waals surface area contributed by atoms with Gasteiger partial charge in [-0.05, 0) is 29.8 Å². The predicted molar refractivity (Wildman–Crippen MR) is 157 cm³/mol. The van der Waals surface area contributed by atoms with Crippen molar-refractivity contribution in [2.24, 2.45) is 0 Å². The number of carbonyl (C=O) groups is 1. The molecule has 0 bridgehead atoms. The lowest BCUT2D eigenvalue weighted by Gasteiger charge is -2.35. The SMILES string of the molecule is COc1ccccc1OCC(=O)N1CCN(c2ncnc3c2c(-c2ccccc2)cn3-c2ccccc2Cl)CC1. The Balaban J connectivity index is 1.27. The number of amides is 1. The molecule has 3 aromatic carbocycles. The third-order valence-corrected chi connectivity index (χ3v) is 7.43. The highest BCUT2D eigenvalue weighted by Gasteiger charge is 2.26. The van der Waals surface area contributed by atoms with E-state index in [2.05, 4.69) is 28.2 Å². The van der Waals surface area contributed by atoms with Gasteiger partial charge in [0.2, 0.25) is 0 Å². The Morgan fingerprint density at radius 1 is 0.875 bits per heavy atom. The molecule has 0 unspecified atom stereocenters. The van der Waals surface area contributed by atoms with E-state index >= 15 is 0 Å². The van der Waals surface area contributed by atoms with Crippen LogP contribution in [0, 0.1) is 0 Å². The molecule has 6 rings (SSSR count). The van der Waals surface area contributed by atoms with Crippen LogP contribution in [0.2, 0.25) is 5.02 Å². The van der Waals surface area contributed by atoms with Crippen molar-refractivity contribution in [1.29, 1.82) is 0 Å². The molecule has 3 heterocycles. The standard InChI is InChI=1S/C31H28ClN5O3/c1-39-26-13-7-8-14-27(26)40-20-28(38)35-15-17-36(18-16-35)30-29-23(22-9-3-2-4-10-22)19-37(31(29)34-21-33-30)25-12-6-5-11-24(25)32/h2-14,19,21H,15-18,20H2,1H3. The molecule has 0 spiro atoms. The molecule has 1 aliphatic heterocycles. The number of benzene rings is 3. The third kappa shape index (κ3) is 4.94. The summed E-state index contributed by atoms with van der Waals surface area (Å²) in [6.07, 6.45) is 3.67. The fourth-order valence-corrected chi connectivity index (χ4v) is 5.32. The van der Waals surface area contributed by atoms with Gasteiger partial charge in [0.25, 0.3) is 5.91 Å². The molecule has 202 valence electrons. The van der Waals surface area contributed by atoms with E-state index < -0.39 is 0 Å². The normalized spacial score (nSPS) is 13.4. The van der Waals surface area contributed by atoms with Gasteiger partial charge in [0.15, 0.2) is 23.8 Å². The first kappa shape index (κ1) is 25.7. The largest absolute Gasteiger partial charge is 0.493 e. The van der Waals surface area contributed by atoms with E-state index in [4.69, 9.17) is 26.1 Å². The lowest BCUT2D eigenvalue weighted by Crippen LogP contribution is -2.50. The molecule has 40 heavy (non-hydrogen) atoms. The first-order valence-electron chi connectivity index (χ1n) is 13.1. The van der Waals surface area contributed by atoms with Crippen LogP contribution in [0.15, 0.2) is 91.4 Å². The number of ether oxygens (including phenoxy) is 2. The van der Waals surface area contributed by atoms with Gasteiger partial charge in [-0.15, -0.1) is 0 Å². The summed E-state index contributed by atoms with van der Waals surface area (Å²) in [5.41, 5.74) is 3.72. The second-order valence-corrected chi connectivity index (χ2v) is 9.84. The van der Waals surface area contributed by atoms with Crippen LogP contribution in [0.5, 0.6) is 11.5 Å². The van der Waals surface area contributed by atoms with Gasteiger partial charge in [-0.25, -0.2) is 9.97 Å². The quantitative estimate of drug-likeness (QED) is 0.266. The molecule has 5 aromatic rings. The molecular formula is C31H28ClN5O3. The zero-order valence-electron chi connectivity index (χ0n) is 22.0. The first-order chi connectivity index (χ1) is 19.6. The highest BCUT2D eigenvalue weighted by atomic mass is 35.5. The lowest BCUT2D eigenvalue weighted by molar-refractivity contribution is -0.133. The van der Waals surface area contributed by atoms with Gasteiger partial charge >= 0.3 is 0 Å². The number of rotatable bonds is 7. The lowest BCUT2D eigenvalue weighted by atomic mass is 10.1. The summed E-state index contributed by atoms with van der Waals surface area (Å²) >= 11 is 6.60. The number of fused-ring (bicyclic) bond motifs is 1. The Morgan fingerprint density at radius 2 is 1.57 bits per heavy atom. The number of aromatic nitrogens is 3. The Labute approximate surface area is 237 Å². The maximum absolute atomic E-state index is 13.0. The van der Waals surface area contributed by atoms with Crippen molar-refractivity contribution in [2.45, 2.75) is 0 Å². The summed E-state index contributed by atoms with van der Waals surface area (Å²) in [6, 6.07) is 25.3. The molecular weight excluding hydrogens is 526 g/mol. The highest BCUT2D eigenvalue weighted by Crippen LogP contribution is 2.38. The van der Waals surface area contributed by atoms with Crippen LogP contribution >= 0.6 is 11.6 Å². The van der Waals surface area contributed by atoms with E-state index in [9.17, 15) is 4.79 Å². The summed E-state index contributed by atoms with van der Waals surface area (Å²) in [5, 5.41) is 1.59. The number of halogens is 1. The third-order valence-electron chi connectivity index (χ3n) is 7.11.